The van der Waals surface area contributed by atoms with Crippen molar-refractivity contribution >= 4 is 43.7 Å². The lowest BCUT2D eigenvalue weighted by Crippen LogP contribution is -2.00. The lowest BCUT2D eigenvalue weighted by atomic mass is 9.97. The Morgan fingerprint density at radius 3 is 1.39 bits per heavy atom. The maximum absolute atomic E-state index is 6.24. The Kier molecular flexibility index (Phi) is 7.42. The van der Waals surface area contributed by atoms with Crippen LogP contribution in [-0.4, -0.2) is 19.5 Å². The fourth-order valence-electron chi connectivity index (χ4n) is 7.93. The highest BCUT2D eigenvalue weighted by Crippen LogP contribution is 2.37. The summed E-state index contributed by atoms with van der Waals surface area (Å²) in [6.45, 7) is 0. The van der Waals surface area contributed by atoms with E-state index in [9.17, 15) is 0 Å². The monoisotopic (exact) mass is 716 g/mol. The molecule has 8 aromatic carbocycles. The van der Waals surface area contributed by atoms with Crippen LogP contribution in [0.15, 0.2) is 199 Å². The van der Waals surface area contributed by atoms with E-state index in [-0.39, 0.29) is 0 Å². The Balaban J connectivity index is 1.04. The average molecular weight is 717 g/mol. The number of aromatic nitrogens is 4. The van der Waals surface area contributed by atoms with Gasteiger partial charge in [0.25, 0.3) is 0 Å². The molecule has 0 aliphatic heterocycles. The molecule has 3 heterocycles. The van der Waals surface area contributed by atoms with Crippen LogP contribution in [0, 0.1) is 0 Å². The number of para-hydroxylation sites is 3. The van der Waals surface area contributed by atoms with Crippen molar-refractivity contribution < 1.29 is 4.42 Å². The molecule has 0 fully saturated rings. The molecule has 0 saturated carbocycles. The Hall–Kier alpha value is -7.63. The highest BCUT2D eigenvalue weighted by atomic mass is 16.3. The first kappa shape index (κ1) is 31.9. The van der Waals surface area contributed by atoms with Gasteiger partial charge in [-0.15, -0.1) is 0 Å². The number of fused-ring (bicyclic) bond motifs is 6. The number of benzene rings is 8. The first-order valence-corrected chi connectivity index (χ1v) is 18.8. The van der Waals surface area contributed by atoms with Crippen molar-refractivity contribution in [1.29, 1.82) is 0 Å². The Bertz CT molecular complexity index is 3180. The number of hydrogen-bond acceptors (Lipinski definition) is 4. The topological polar surface area (TPSA) is 56.7 Å². The third-order valence-corrected chi connectivity index (χ3v) is 10.6. The molecule has 0 aliphatic rings. The summed E-state index contributed by atoms with van der Waals surface area (Å²) in [5.74, 6) is 1.81. The molecule has 262 valence electrons. The van der Waals surface area contributed by atoms with E-state index in [4.69, 9.17) is 19.4 Å². The minimum absolute atomic E-state index is 0.590. The van der Waals surface area contributed by atoms with E-state index >= 15 is 0 Å². The maximum atomic E-state index is 6.24. The summed E-state index contributed by atoms with van der Waals surface area (Å²) < 4.78 is 8.62. The van der Waals surface area contributed by atoms with Crippen LogP contribution >= 0.6 is 0 Å². The Morgan fingerprint density at radius 2 is 0.750 bits per heavy atom. The smallest absolute Gasteiger partial charge is 0.164 e. The predicted molar refractivity (Wildman–Crippen MR) is 229 cm³/mol. The highest BCUT2D eigenvalue weighted by Gasteiger charge is 2.17. The number of rotatable bonds is 6. The van der Waals surface area contributed by atoms with E-state index in [0.29, 0.717) is 17.5 Å². The van der Waals surface area contributed by atoms with E-state index in [1.54, 1.807) is 0 Å². The molecular formula is C51H32N4O. The molecule has 0 N–H and O–H groups in total. The van der Waals surface area contributed by atoms with Crippen LogP contribution in [-0.2, 0) is 0 Å². The number of hydrogen-bond donors (Lipinski definition) is 0. The molecule has 0 spiro atoms. The zero-order chi connectivity index (χ0) is 37.0. The Morgan fingerprint density at radius 1 is 0.304 bits per heavy atom. The van der Waals surface area contributed by atoms with Gasteiger partial charge >= 0.3 is 0 Å². The van der Waals surface area contributed by atoms with E-state index < -0.39 is 0 Å². The SMILES string of the molecule is c1ccc(-c2cc(-c3ccc(-c4nc(-c5ccccc5)nc(-c5ccc6c(c5)oc5ccccc56)n4)cc3)cc(-n3c4ccccc4c4ccccc43)c2)cc1. The summed E-state index contributed by atoms with van der Waals surface area (Å²) >= 11 is 0. The van der Waals surface area contributed by atoms with E-state index in [2.05, 4.69) is 144 Å². The van der Waals surface area contributed by atoms with Gasteiger partial charge in [-0.3, -0.25) is 0 Å². The molecule has 11 rings (SSSR count). The summed E-state index contributed by atoms with van der Waals surface area (Å²) in [5.41, 5.74) is 12.4. The van der Waals surface area contributed by atoms with Gasteiger partial charge in [0.2, 0.25) is 0 Å². The molecule has 5 nitrogen and oxygen atoms in total. The second-order valence-corrected chi connectivity index (χ2v) is 14.1. The van der Waals surface area contributed by atoms with Crippen molar-refractivity contribution in [3.05, 3.63) is 194 Å². The molecule has 0 saturated heterocycles. The van der Waals surface area contributed by atoms with E-state index in [1.807, 2.05) is 54.6 Å². The van der Waals surface area contributed by atoms with Crippen molar-refractivity contribution in [2.45, 2.75) is 0 Å². The van der Waals surface area contributed by atoms with E-state index in [0.717, 1.165) is 61.0 Å². The normalized spacial score (nSPS) is 11.6. The first-order valence-electron chi connectivity index (χ1n) is 18.8. The molecule has 0 bridgehead atoms. The third kappa shape index (κ3) is 5.45. The van der Waals surface area contributed by atoms with Crippen LogP contribution in [0.2, 0.25) is 0 Å². The van der Waals surface area contributed by atoms with Crippen LogP contribution in [0.5, 0.6) is 0 Å². The van der Waals surface area contributed by atoms with Crippen LogP contribution in [0.25, 0.3) is 106 Å². The second-order valence-electron chi connectivity index (χ2n) is 14.1. The van der Waals surface area contributed by atoms with Crippen LogP contribution < -0.4 is 0 Å². The molecule has 56 heavy (non-hydrogen) atoms. The van der Waals surface area contributed by atoms with Crippen molar-refractivity contribution in [1.82, 2.24) is 19.5 Å². The molecule has 0 aliphatic carbocycles. The largest absolute Gasteiger partial charge is 0.456 e. The minimum atomic E-state index is 0.590. The first-order chi connectivity index (χ1) is 27.7. The van der Waals surface area contributed by atoms with Gasteiger partial charge in [0.15, 0.2) is 17.5 Å². The second kappa shape index (κ2) is 13.0. The minimum Gasteiger partial charge on any atom is -0.456 e. The zero-order valence-corrected chi connectivity index (χ0v) is 30.2. The fourth-order valence-corrected chi connectivity index (χ4v) is 7.93. The summed E-state index contributed by atoms with van der Waals surface area (Å²) in [6.07, 6.45) is 0. The van der Waals surface area contributed by atoms with Crippen molar-refractivity contribution in [3.63, 3.8) is 0 Å². The van der Waals surface area contributed by atoms with Crippen LogP contribution in [0.3, 0.4) is 0 Å². The standard InChI is InChI=1S/C51H32N4O/c1-3-13-33(14-4-1)38-29-39(31-40(30-38)55-45-20-10-7-17-41(45)42-18-8-11-21-46(42)55)34-23-25-36(26-24-34)50-52-49(35-15-5-2-6-16-35)53-51(54-50)37-27-28-44-43-19-9-12-22-47(43)56-48(44)32-37/h1-32H. The quantitative estimate of drug-likeness (QED) is 0.172. The van der Waals surface area contributed by atoms with Gasteiger partial charge in [-0.25, -0.2) is 15.0 Å². The molecule has 11 aromatic rings. The van der Waals surface area contributed by atoms with Crippen molar-refractivity contribution in [2.24, 2.45) is 0 Å². The average Bonchev–Trinajstić information content (AvgIpc) is 3.82. The van der Waals surface area contributed by atoms with Gasteiger partial charge in [-0.1, -0.05) is 146 Å². The zero-order valence-electron chi connectivity index (χ0n) is 30.2. The van der Waals surface area contributed by atoms with E-state index in [1.165, 1.54) is 27.4 Å². The summed E-state index contributed by atoms with van der Waals surface area (Å²) in [4.78, 5) is 15.0. The van der Waals surface area contributed by atoms with Crippen LogP contribution in [0.1, 0.15) is 0 Å². The molecule has 0 unspecified atom stereocenters. The van der Waals surface area contributed by atoms with Crippen LogP contribution in [0.4, 0.5) is 0 Å². The van der Waals surface area contributed by atoms with Crippen molar-refractivity contribution in [3.8, 4) is 62.1 Å². The molecule has 0 atom stereocenters. The molecule has 0 radical (unpaired) electrons. The molecule has 3 aromatic heterocycles. The Labute approximate surface area is 322 Å². The summed E-state index contributed by atoms with van der Waals surface area (Å²) in [7, 11) is 0. The predicted octanol–water partition coefficient (Wildman–Crippen LogP) is 13.2. The fraction of sp³-hybridized carbons (Fsp3) is 0. The number of nitrogens with zero attached hydrogens (tertiary/aromatic N) is 4. The van der Waals surface area contributed by atoms with Gasteiger partial charge < -0.3 is 8.98 Å². The summed E-state index contributed by atoms with van der Waals surface area (Å²) in [6, 6.07) is 67.7. The van der Waals surface area contributed by atoms with Gasteiger partial charge in [0.1, 0.15) is 11.2 Å². The lowest BCUT2D eigenvalue weighted by molar-refractivity contribution is 0.669. The van der Waals surface area contributed by atoms with Gasteiger partial charge in [-0.2, -0.15) is 0 Å². The lowest BCUT2D eigenvalue weighted by Gasteiger charge is -2.14. The third-order valence-electron chi connectivity index (χ3n) is 10.6. The maximum Gasteiger partial charge on any atom is 0.164 e. The summed E-state index contributed by atoms with van der Waals surface area (Å²) in [5, 5.41) is 4.63. The van der Waals surface area contributed by atoms with Gasteiger partial charge in [0, 0.05) is 43.9 Å². The van der Waals surface area contributed by atoms with Gasteiger partial charge in [0.05, 0.1) is 11.0 Å². The highest BCUT2D eigenvalue weighted by molar-refractivity contribution is 6.09. The molecule has 5 heteroatoms. The number of furan rings is 1. The molecule has 0 amide bonds. The molecular weight excluding hydrogens is 685 g/mol. The van der Waals surface area contributed by atoms with Crippen molar-refractivity contribution in [2.75, 3.05) is 0 Å². The van der Waals surface area contributed by atoms with Gasteiger partial charge in [-0.05, 0) is 70.8 Å².